The average molecular weight is 175 g/mol. The summed E-state index contributed by atoms with van der Waals surface area (Å²) < 4.78 is 5.25. The van der Waals surface area contributed by atoms with Crippen molar-refractivity contribution in [2.75, 3.05) is 20.2 Å². The summed E-state index contributed by atoms with van der Waals surface area (Å²) in [6, 6.07) is 8.07. The Balaban J connectivity index is 2.27. The van der Waals surface area contributed by atoms with Gasteiger partial charge >= 0.3 is 0 Å². The smallest absolute Gasteiger partial charge is 0.126 e. The van der Waals surface area contributed by atoms with Gasteiger partial charge in [-0.2, -0.15) is 0 Å². The van der Waals surface area contributed by atoms with Crippen LogP contribution in [0.4, 0.5) is 0 Å². The number of hydrogen-bond acceptors (Lipinski definition) is 2. The molecule has 0 aliphatic carbocycles. The molecule has 1 fully saturated rings. The Morgan fingerprint density at radius 2 is 2.08 bits per heavy atom. The molecule has 0 spiro atoms. The minimum absolute atomic E-state index is 0.946. The quantitative estimate of drug-likeness (QED) is 0.738. The van der Waals surface area contributed by atoms with Gasteiger partial charge in [0.1, 0.15) is 5.75 Å². The highest BCUT2D eigenvalue weighted by molar-refractivity contribution is 5.61. The molecule has 1 heterocycles. The van der Waals surface area contributed by atoms with Crippen molar-refractivity contribution in [3.63, 3.8) is 0 Å². The van der Waals surface area contributed by atoms with Gasteiger partial charge in [0.2, 0.25) is 0 Å². The summed E-state index contributed by atoms with van der Waals surface area (Å²) in [6.07, 6.45) is 2.19. The third-order valence-corrected chi connectivity index (χ3v) is 2.20. The summed E-state index contributed by atoms with van der Waals surface area (Å²) in [5, 5.41) is 3.21. The number of rotatable bonds is 2. The molecule has 0 unspecified atom stereocenters. The van der Waals surface area contributed by atoms with E-state index < -0.39 is 0 Å². The highest BCUT2D eigenvalue weighted by atomic mass is 16.5. The lowest BCUT2D eigenvalue weighted by atomic mass is 10.1. The highest BCUT2D eigenvalue weighted by Crippen LogP contribution is 2.21. The zero-order valence-corrected chi connectivity index (χ0v) is 7.71. The van der Waals surface area contributed by atoms with Crippen LogP contribution >= 0.6 is 0 Å². The summed E-state index contributed by atoms with van der Waals surface area (Å²) >= 11 is 0. The zero-order chi connectivity index (χ0) is 9.10. The molecule has 0 bridgehead atoms. The van der Waals surface area contributed by atoms with Gasteiger partial charge in [-0.25, -0.2) is 0 Å². The Labute approximate surface area is 78.2 Å². The third kappa shape index (κ3) is 1.73. The maximum absolute atomic E-state index is 5.25. The molecule has 1 aliphatic rings. The summed E-state index contributed by atoms with van der Waals surface area (Å²) in [5.74, 6) is 0.946. The average Bonchev–Trinajstić information content (AvgIpc) is 2.12. The number of methoxy groups -OCH3 is 1. The van der Waals surface area contributed by atoms with E-state index in [9.17, 15) is 0 Å². The first-order chi connectivity index (χ1) is 6.40. The van der Waals surface area contributed by atoms with E-state index in [1.54, 1.807) is 7.11 Å². The van der Waals surface area contributed by atoms with Crippen LogP contribution in [0.15, 0.2) is 29.8 Å². The summed E-state index contributed by atoms with van der Waals surface area (Å²) in [4.78, 5) is 0. The van der Waals surface area contributed by atoms with Crippen molar-refractivity contribution in [3.8, 4) is 5.75 Å². The molecule has 2 rings (SSSR count). The predicted molar refractivity (Wildman–Crippen MR) is 53.8 cm³/mol. The van der Waals surface area contributed by atoms with Crippen LogP contribution in [0.2, 0.25) is 0 Å². The standard InChI is InChI=1S/C11H13NO/c1-13-11-5-3-2-4-10(11)6-9-7-12-8-9/h2-6,12H,7-8H2,1H3. The molecule has 0 aromatic heterocycles. The van der Waals surface area contributed by atoms with Crippen molar-refractivity contribution in [3.05, 3.63) is 35.4 Å². The van der Waals surface area contributed by atoms with E-state index in [4.69, 9.17) is 4.74 Å². The van der Waals surface area contributed by atoms with E-state index in [0.717, 1.165) is 18.8 Å². The van der Waals surface area contributed by atoms with Crippen LogP contribution in [0.1, 0.15) is 5.56 Å². The first-order valence-electron chi connectivity index (χ1n) is 4.43. The van der Waals surface area contributed by atoms with Gasteiger partial charge in [0, 0.05) is 18.7 Å². The second-order valence-corrected chi connectivity index (χ2v) is 3.15. The van der Waals surface area contributed by atoms with Crippen LogP contribution in [0.3, 0.4) is 0 Å². The van der Waals surface area contributed by atoms with Gasteiger partial charge in [0.05, 0.1) is 7.11 Å². The normalized spacial score (nSPS) is 15.0. The van der Waals surface area contributed by atoms with Gasteiger partial charge in [-0.3, -0.25) is 0 Å². The molecule has 1 saturated heterocycles. The number of benzene rings is 1. The van der Waals surface area contributed by atoms with Gasteiger partial charge < -0.3 is 10.1 Å². The minimum atomic E-state index is 0.946. The minimum Gasteiger partial charge on any atom is -0.496 e. The Kier molecular flexibility index (Phi) is 2.32. The third-order valence-electron chi connectivity index (χ3n) is 2.20. The number of nitrogens with one attached hydrogen (secondary N) is 1. The molecule has 0 amide bonds. The van der Waals surface area contributed by atoms with Gasteiger partial charge in [-0.15, -0.1) is 0 Å². The van der Waals surface area contributed by atoms with E-state index >= 15 is 0 Å². The second kappa shape index (κ2) is 3.62. The van der Waals surface area contributed by atoms with Gasteiger partial charge in [-0.05, 0) is 17.7 Å². The highest BCUT2D eigenvalue weighted by Gasteiger charge is 2.07. The van der Waals surface area contributed by atoms with Crippen molar-refractivity contribution in [2.24, 2.45) is 0 Å². The maximum Gasteiger partial charge on any atom is 0.126 e. The second-order valence-electron chi connectivity index (χ2n) is 3.15. The fourth-order valence-electron chi connectivity index (χ4n) is 1.38. The van der Waals surface area contributed by atoms with Crippen LogP contribution in [0, 0.1) is 0 Å². The van der Waals surface area contributed by atoms with E-state index in [1.807, 2.05) is 18.2 Å². The van der Waals surface area contributed by atoms with Crippen LogP contribution in [-0.2, 0) is 0 Å². The lowest BCUT2D eigenvalue weighted by molar-refractivity contribution is 0.414. The molecule has 0 saturated carbocycles. The molecule has 2 heteroatoms. The SMILES string of the molecule is COc1ccccc1C=C1CNC1. The van der Waals surface area contributed by atoms with Gasteiger partial charge in [0.25, 0.3) is 0 Å². The van der Waals surface area contributed by atoms with Crippen LogP contribution in [0.25, 0.3) is 6.08 Å². The van der Waals surface area contributed by atoms with Crippen molar-refractivity contribution >= 4 is 6.08 Å². The van der Waals surface area contributed by atoms with Gasteiger partial charge in [-0.1, -0.05) is 18.2 Å². The number of hydrogen-bond donors (Lipinski definition) is 1. The topological polar surface area (TPSA) is 21.3 Å². The summed E-state index contributed by atoms with van der Waals surface area (Å²) in [5.41, 5.74) is 2.60. The molecule has 68 valence electrons. The number of ether oxygens (including phenoxy) is 1. The van der Waals surface area contributed by atoms with E-state index in [-0.39, 0.29) is 0 Å². The molecule has 13 heavy (non-hydrogen) atoms. The first-order valence-corrected chi connectivity index (χ1v) is 4.43. The van der Waals surface area contributed by atoms with Crippen molar-refractivity contribution in [2.45, 2.75) is 0 Å². The monoisotopic (exact) mass is 175 g/mol. The predicted octanol–water partition coefficient (Wildman–Crippen LogP) is 1.68. The van der Waals surface area contributed by atoms with Crippen molar-refractivity contribution < 1.29 is 4.74 Å². The van der Waals surface area contributed by atoms with Crippen molar-refractivity contribution in [1.82, 2.24) is 5.32 Å². The molecule has 1 aliphatic heterocycles. The van der Waals surface area contributed by atoms with Crippen LogP contribution in [-0.4, -0.2) is 20.2 Å². The summed E-state index contributed by atoms with van der Waals surface area (Å²) in [6.45, 7) is 2.02. The Morgan fingerprint density at radius 3 is 2.69 bits per heavy atom. The molecule has 2 nitrogen and oxygen atoms in total. The molecular weight excluding hydrogens is 162 g/mol. The molecule has 1 aromatic carbocycles. The molecule has 0 radical (unpaired) electrons. The fourth-order valence-corrected chi connectivity index (χ4v) is 1.38. The fraction of sp³-hybridized carbons (Fsp3) is 0.273. The molecule has 0 atom stereocenters. The Bertz CT molecular complexity index is 325. The van der Waals surface area contributed by atoms with E-state index in [0.29, 0.717) is 0 Å². The van der Waals surface area contributed by atoms with Crippen molar-refractivity contribution in [1.29, 1.82) is 0 Å². The van der Waals surface area contributed by atoms with E-state index in [1.165, 1.54) is 11.1 Å². The number of para-hydroxylation sites is 1. The van der Waals surface area contributed by atoms with E-state index in [2.05, 4.69) is 17.5 Å². The first kappa shape index (κ1) is 8.32. The Hall–Kier alpha value is -1.28. The maximum atomic E-state index is 5.25. The molecule has 1 aromatic rings. The largest absolute Gasteiger partial charge is 0.496 e. The molecule has 1 N–H and O–H groups in total. The van der Waals surface area contributed by atoms with Gasteiger partial charge in [0.15, 0.2) is 0 Å². The van der Waals surface area contributed by atoms with Crippen LogP contribution < -0.4 is 10.1 Å². The zero-order valence-electron chi connectivity index (χ0n) is 7.71. The van der Waals surface area contributed by atoms with Crippen LogP contribution in [0.5, 0.6) is 5.75 Å². The summed E-state index contributed by atoms with van der Waals surface area (Å²) in [7, 11) is 1.70. The molecular formula is C11H13NO. The lowest BCUT2D eigenvalue weighted by Crippen LogP contribution is -2.33. The lowest BCUT2D eigenvalue weighted by Gasteiger charge is -2.18. The Morgan fingerprint density at radius 1 is 1.31 bits per heavy atom.